The van der Waals surface area contributed by atoms with E-state index in [0.29, 0.717) is 24.7 Å². The fraction of sp³-hybridized carbons (Fsp3) is 0.286. The molecule has 0 spiro atoms. The first kappa shape index (κ1) is 13.6. The maximum absolute atomic E-state index is 5.87. The first-order chi connectivity index (χ1) is 9.67. The number of nitrogens with zero attached hydrogens (tertiary/aromatic N) is 3. The lowest BCUT2D eigenvalue weighted by Crippen LogP contribution is -2.06. The Morgan fingerprint density at radius 3 is 2.95 bits per heavy atom. The number of hydrogen-bond acceptors (Lipinski definition) is 3. The highest BCUT2D eigenvalue weighted by Gasteiger charge is 2.13. The van der Waals surface area contributed by atoms with Crippen molar-refractivity contribution < 1.29 is 4.42 Å². The highest BCUT2D eigenvalue weighted by Crippen LogP contribution is 2.22. The van der Waals surface area contributed by atoms with Crippen molar-refractivity contribution in [3.63, 3.8) is 0 Å². The van der Waals surface area contributed by atoms with Crippen LogP contribution in [0, 0.1) is 6.92 Å². The Balaban J connectivity index is 2.08. The Bertz CT molecular complexity index is 750. The van der Waals surface area contributed by atoms with Gasteiger partial charge < -0.3 is 8.98 Å². The second-order valence-corrected chi connectivity index (χ2v) is 5.84. The molecule has 3 aromatic rings. The maximum Gasteiger partial charge on any atom is 0.214 e. The molecule has 0 aliphatic carbocycles. The van der Waals surface area contributed by atoms with Crippen LogP contribution in [0.25, 0.3) is 11.0 Å². The van der Waals surface area contributed by atoms with Crippen LogP contribution in [0.15, 0.2) is 33.3 Å². The summed E-state index contributed by atoms with van der Waals surface area (Å²) in [6, 6.07) is 6.05. The Labute approximate surface area is 129 Å². The minimum absolute atomic E-state index is 0.537. The second kappa shape index (κ2) is 5.58. The topological polar surface area (TPSA) is 43.9 Å². The molecule has 3 rings (SSSR count). The van der Waals surface area contributed by atoms with E-state index in [0.717, 1.165) is 27.1 Å². The molecular weight excluding hydrogens is 342 g/mol. The second-order valence-electron chi connectivity index (χ2n) is 4.55. The number of alkyl halides is 1. The summed E-state index contributed by atoms with van der Waals surface area (Å²) >= 11 is 9.34. The van der Waals surface area contributed by atoms with Crippen LogP contribution >= 0.6 is 27.5 Å². The van der Waals surface area contributed by atoms with Gasteiger partial charge in [-0.3, -0.25) is 0 Å². The van der Waals surface area contributed by atoms with Gasteiger partial charge in [-0.25, -0.2) is 9.97 Å². The molecule has 0 aliphatic rings. The lowest BCUT2D eigenvalue weighted by molar-refractivity contribution is 0.456. The van der Waals surface area contributed by atoms with E-state index in [4.69, 9.17) is 16.0 Å². The molecule has 0 radical (unpaired) electrons. The van der Waals surface area contributed by atoms with E-state index in [1.807, 2.05) is 25.1 Å². The van der Waals surface area contributed by atoms with E-state index in [9.17, 15) is 0 Å². The van der Waals surface area contributed by atoms with Gasteiger partial charge in [-0.05, 0) is 25.1 Å². The molecule has 20 heavy (non-hydrogen) atoms. The van der Waals surface area contributed by atoms with Crippen LogP contribution in [-0.2, 0) is 13.0 Å². The van der Waals surface area contributed by atoms with Crippen LogP contribution in [0.3, 0.4) is 0 Å². The van der Waals surface area contributed by atoms with E-state index in [-0.39, 0.29) is 0 Å². The fourth-order valence-electron chi connectivity index (χ4n) is 2.21. The Morgan fingerprint density at radius 1 is 1.40 bits per heavy atom. The number of imidazole rings is 1. The molecule has 0 amide bonds. The van der Waals surface area contributed by atoms with Crippen molar-refractivity contribution in [3.05, 3.63) is 46.3 Å². The summed E-state index contributed by atoms with van der Waals surface area (Å²) in [6.07, 6.45) is 2.44. The molecule has 0 saturated carbocycles. The number of benzene rings is 1. The quantitative estimate of drug-likeness (QED) is 0.667. The zero-order chi connectivity index (χ0) is 14.1. The van der Waals surface area contributed by atoms with E-state index >= 15 is 0 Å². The van der Waals surface area contributed by atoms with Gasteiger partial charge in [0, 0.05) is 16.8 Å². The molecule has 2 heterocycles. The summed E-state index contributed by atoms with van der Waals surface area (Å²) in [6.45, 7) is 2.46. The summed E-state index contributed by atoms with van der Waals surface area (Å²) in [5.41, 5.74) is 2.01. The summed E-state index contributed by atoms with van der Waals surface area (Å²) in [5, 5.41) is 0. The van der Waals surface area contributed by atoms with Crippen LogP contribution in [0.4, 0.5) is 0 Å². The first-order valence-corrected chi connectivity index (χ1v) is 7.62. The third-order valence-corrected chi connectivity index (χ3v) is 3.75. The Kier molecular flexibility index (Phi) is 3.81. The first-order valence-electron chi connectivity index (χ1n) is 6.29. The molecule has 0 bridgehead atoms. The summed E-state index contributed by atoms with van der Waals surface area (Å²) in [4.78, 5) is 8.90. The number of hydrogen-bond donors (Lipinski definition) is 0. The van der Waals surface area contributed by atoms with E-state index in [2.05, 4.69) is 30.5 Å². The fourth-order valence-corrected chi connectivity index (χ4v) is 2.73. The highest BCUT2D eigenvalue weighted by molar-refractivity contribution is 9.10. The van der Waals surface area contributed by atoms with Crippen molar-refractivity contribution in [3.8, 4) is 0 Å². The normalized spacial score (nSPS) is 11.3. The third kappa shape index (κ3) is 2.60. The molecule has 4 nitrogen and oxygen atoms in total. The van der Waals surface area contributed by atoms with Gasteiger partial charge in [0.15, 0.2) is 0 Å². The molecule has 104 valence electrons. The Morgan fingerprint density at radius 2 is 2.25 bits per heavy atom. The molecule has 0 unspecified atom stereocenters. The summed E-state index contributed by atoms with van der Waals surface area (Å²) in [7, 11) is 0. The lowest BCUT2D eigenvalue weighted by atomic mass is 10.3. The number of fused-ring (bicyclic) bond motifs is 1. The zero-order valence-corrected chi connectivity index (χ0v) is 13.3. The van der Waals surface area contributed by atoms with Gasteiger partial charge in [0.1, 0.15) is 18.1 Å². The number of rotatable bonds is 4. The predicted molar refractivity (Wildman–Crippen MR) is 82.2 cm³/mol. The zero-order valence-electron chi connectivity index (χ0n) is 10.9. The summed E-state index contributed by atoms with van der Waals surface area (Å²) in [5.74, 6) is 2.98. The molecule has 0 N–H and O–H groups in total. The molecule has 0 aliphatic heterocycles. The van der Waals surface area contributed by atoms with Crippen LogP contribution in [0.1, 0.15) is 17.5 Å². The molecule has 0 atom stereocenters. The lowest BCUT2D eigenvalue weighted by Gasteiger charge is -2.05. The van der Waals surface area contributed by atoms with Gasteiger partial charge in [0.2, 0.25) is 5.89 Å². The van der Waals surface area contributed by atoms with Crippen molar-refractivity contribution in [2.45, 2.75) is 19.9 Å². The number of aromatic nitrogens is 3. The van der Waals surface area contributed by atoms with Crippen LogP contribution in [0.5, 0.6) is 0 Å². The van der Waals surface area contributed by atoms with Crippen LogP contribution in [0.2, 0.25) is 0 Å². The van der Waals surface area contributed by atoms with Crippen molar-refractivity contribution in [1.29, 1.82) is 0 Å². The van der Waals surface area contributed by atoms with E-state index in [1.165, 1.54) is 0 Å². The molecule has 1 aromatic carbocycles. The average Bonchev–Trinajstić information content (AvgIpc) is 2.95. The predicted octanol–water partition coefficient (Wildman–Crippen LogP) is 3.92. The van der Waals surface area contributed by atoms with Crippen molar-refractivity contribution in [2.24, 2.45) is 0 Å². The van der Waals surface area contributed by atoms with Gasteiger partial charge in [0.25, 0.3) is 0 Å². The van der Waals surface area contributed by atoms with Crippen LogP contribution in [-0.4, -0.2) is 20.4 Å². The number of halogens is 2. The van der Waals surface area contributed by atoms with Gasteiger partial charge in [-0.1, -0.05) is 15.9 Å². The largest absolute Gasteiger partial charge is 0.444 e. The summed E-state index contributed by atoms with van der Waals surface area (Å²) < 4.78 is 8.68. The average molecular weight is 355 g/mol. The number of aryl methyl sites for hydroxylation is 2. The highest BCUT2D eigenvalue weighted by atomic mass is 79.9. The standard InChI is InChI=1S/C14H13BrClN3O/c1-9-7-17-14(20-9)8-19-12-3-2-10(15)6-11(12)18-13(19)4-5-16/h2-3,6-7H,4-5,8H2,1H3. The Hall–Kier alpha value is -1.33. The minimum Gasteiger partial charge on any atom is -0.444 e. The van der Waals surface area contributed by atoms with Crippen LogP contribution < -0.4 is 0 Å². The smallest absolute Gasteiger partial charge is 0.214 e. The minimum atomic E-state index is 0.537. The maximum atomic E-state index is 5.87. The van der Waals surface area contributed by atoms with Crippen molar-refractivity contribution in [1.82, 2.24) is 14.5 Å². The number of oxazole rings is 1. The third-order valence-electron chi connectivity index (χ3n) is 3.07. The van der Waals surface area contributed by atoms with Crippen molar-refractivity contribution >= 4 is 38.6 Å². The van der Waals surface area contributed by atoms with E-state index < -0.39 is 0 Å². The SMILES string of the molecule is Cc1cnc(Cn2c(CCCl)nc3cc(Br)ccc32)o1. The molecule has 6 heteroatoms. The van der Waals surface area contributed by atoms with E-state index in [1.54, 1.807) is 6.20 Å². The molecule has 0 fully saturated rings. The molecular formula is C14H13BrClN3O. The molecule has 2 aromatic heterocycles. The van der Waals surface area contributed by atoms with Gasteiger partial charge in [-0.15, -0.1) is 11.6 Å². The van der Waals surface area contributed by atoms with Gasteiger partial charge in [-0.2, -0.15) is 0 Å². The van der Waals surface area contributed by atoms with Gasteiger partial charge >= 0.3 is 0 Å². The molecule has 0 saturated heterocycles. The van der Waals surface area contributed by atoms with Gasteiger partial charge in [0.05, 0.1) is 17.2 Å². The van der Waals surface area contributed by atoms with Crippen molar-refractivity contribution in [2.75, 3.05) is 5.88 Å². The monoisotopic (exact) mass is 353 g/mol.